The van der Waals surface area contributed by atoms with E-state index in [-0.39, 0.29) is 12.3 Å². The third-order valence-electron chi connectivity index (χ3n) is 5.09. The summed E-state index contributed by atoms with van der Waals surface area (Å²) in [5, 5.41) is 3.10. The maximum Gasteiger partial charge on any atom is 0.228 e. The molecule has 1 N–H and O–H groups in total. The molecule has 0 bridgehead atoms. The molecule has 1 fully saturated rings. The molecule has 30 heavy (non-hydrogen) atoms. The Morgan fingerprint density at radius 1 is 1.03 bits per heavy atom. The number of hydrogen-bond acceptors (Lipinski definition) is 5. The number of likely N-dealkylation sites (N-methyl/N-ethyl adjacent to an activating group) is 1. The maximum absolute atomic E-state index is 12.9. The predicted molar refractivity (Wildman–Crippen MR) is 125 cm³/mol. The lowest BCUT2D eigenvalue weighted by Gasteiger charge is -2.35. The van der Waals surface area contributed by atoms with Gasteiger partial charge in [-0.25, -0.2) is 0 Å². The average molecular weight is 476 g/mol. The number of nitrogens with zero attached hydrogens (tertiary/aromatic N) is 2. The van der Waals surface area contributed by atoms with Crippen molar-refractivity contribution in [1.29, 1.82) is 0 Å². The monoisotopic (exact) mass is 475 g/mol. The topological polar surface area (TPSA) is 54.0 Å². The molecule has 6 nitrogen and oxygen atoms in total. The second-order valence-electron chi connectivity index (χ2n) is 7.29. The van der Waals surface area contributed by atoms with E-state index in [0.29, 0.717) is 24.7 Å². The van der Waals surface area contributed by atoms with Crippen LogP contribution in [0, 0.1) is 0 Å². The van der Waals surface area contributed by atoms with E-state index in [9.17, 15) is 4.79 Å². The number of benzene rings is 2. The van der Waals surface area contributed by atoms with E-state index in [1.807, 2.05) is 44.2 Å². The van der Waals surface area contributed by atoms with Gasteiger partial charge in [0.05, 0.1) is 31.0 Å². The number of anilines is 2. The van der Waals surface area contributed by atoms with E-state index in [4.69, 9.17) is 9.47 Å². The molecule has 0 spiro atoms. The van der Waals surface area contributed by atoms with Crippen molar-refractivity contribution >= 4 is 33.2 Å². The number of carbonyl (C=O) groups is 1. The average Bonchev–Trinajstić information content (AvgIpc) is 2.73. The van der Waals surface area contributed by atoms with E-state index in [1.54, 1.807) is 0 Å². The Morgan fingerprint density at radius 2 is 1.67 bits per heavy atom. The number of ether oxygens (including phenoxy) is 2. The summed E-state index contributed by atoms with van der Waals surface area (Å²) in [6.07, 6.45) is 0.240. The highest BCUT2D eigenvalue weighted by atomic mass is 79.9. The van der Waals surface area contributed by atoms with Crippen molar-refractivity contribution in [2.75, 3.05) is 56.7 Å². The Kier molecular flexibility index (Phi) is 7.99. The molecule has 1 saturated heterocycles. The number of halogens is 1. The SMILES string of the molecule is CCOc1cc(Br)c(CC(=O)Nc2ccccc2N2CCN(C)CC2)cc1OCC. The van der Waals surface area contributed by atoms with Crippen LogP contribution in [0.4, 0.5) is 11.4 Å². The molecular weight excluding hydrogens is 446 g/mol. The summed E-state index contributed by atoms with van der Waals surface area (Å²) in [4.78, 5) is 17.5. The van der Waals surface area contributed by atoms with Crippen LogP contribution in [0.1, 0.15) is 19.4 Å². The van der Waals surface area contributed by atoms with Gasteiger partial charge in [0.25, 0.3) is 0 Å². The van der Waals surface area contributed by atoms with Gasteiger partial charge in [0.15, 0.2) is 11.5 Å². The van der Waals surface area contributed by atoms with Crippen molar-refractivity contribution in [3.8, 4) is 11.5 Å². The molecule has 7 heteroatoms. The highest BCUT2D eigenvalue weighted by molar-refractivity contribution is 9.10. The highest BCUT2D eigenvalue weighted by Crippen LogP contribution is 2.34. The zero-order chi connectivity index (χ0) is 21.5. The van der Waals surface area contributed by atoms with Crippen LogP contribution < -0.4 is 19.7 Å². The molecule has 0 saturated carbocycles. The zero-order valence-electron chi connectivity index (χ0n) is 17.9. The Morgan fingerprint density at radius 3 is 2.33 bits per heavy atom. The third kappa shape index (κ3) is 5.67. The minimum absolute atomic E-state index is 0.0658. The first-order valence-corrected chi connectivity index (χ1v) is 11.2. The van der Waals surface area contributed by atoms with E-state index in [1.165, 1.54) is 0 Å². The van der Waals surface area contributed by atoms with Gasteiger partial charge in [0, 0.05) is 30.7 Å². The summed E-state index contributed by atoms with van der Waals surface area (Å²) in [6, 6.07) is 11.8. The van der Waals surface area contributed by atoms with Gasteiger partial charge < -0.3 is 24.6 Å². The first kappa shape index (κ1) is 22.4. The molecule has 0 radical (unpaired) electrons. The molecule has 3 rings (SSSR count). The van der Waals surface area contributed by atoms with E-state index >= 15 is 0 Å². The maximum atomic E-state index is 12.9. The fraction of sp³-hybridized carbons (Fsp3) is 0.435. The molecule has 1 aliphatic heterocycles. The summed E-state index contributed by atoms with van der Waals surface area (Å²) in [5.74, 6) is 1.27. The highest BCUT2D eigenvalue weighted by Gasteiger charge is 2.19. The number of nitrogens with one attached hydrogen (secondary N) is 1. The summed E-state index contributed by atoms with van der Waals surface area (Å²) in [5.41, 5.74) is 2.77. The van der Waals surface area contributed by atoms with E-state index in [0.717, 1.165) is 47.6 Å². The lowest BCUT2D eigenvalue weighted by Crippen LogP contribution is -2.44. The summed E-state index contributed by atoms with van der Waals surface area (Å²) in [7, 11) is 2.14. The molecule has 0 atom stereocenters. The third-order valence-corrected chi connectivity index (χ3v) is 5.82. The number of hydrogen-bond donors (Lipinski definition) is 1. The van der Waals surface area contributed by atoms with Crippen molar-refractivity contribution in [1.82, 2.24) is 4.90 Å². The van der Waals surface area contributed by atoms with Crippen LogP contribution in [0.3, 0.4) is 0 Å². The van der Waals surface area contributed by atoms with Gasteiger partial charge >= 0.3 is 0 Å². The lowest BCUT2D eigenvalue weighted by molar-refractivity contribution is -0.115. The van der Waals surface area contributed by atoms with Crippen molar-refractivity contribution in [3.05, 3.63) is 46.4 Å². The smallest absolute Gasteiger partial charge is 0.228 e. The predicted octanol–water partition coefficient (Wildman–Crippen LogP) is 4.18. The first-order valence-electron chi connectivity index (χ1n) is 10.4. The van der Waals surface area contributed by atoms with Crippen LogP contribution in [0.2, 0.25) is 0 Å². The fourth-order valence-corrected chi connectivity index (χ4v) is 3.98. The quantitative estimate of drug-likeness (QED) is 0.620. The second-order valence-corrected chi connectivity index (χ2v) is 8.14. The van der Waals surface area contributed by atoms with Crippen LogP contribution in [-0.2, 0) is 11.2 Å². The normalized spacial score (nSPS) is 14.5. The van der Waals surface area contributed by atoms with Crippen LogP contribution in [0.25, 0.3) is 0 Å². The molecule has 0 unspecified atom stereocenters. The lowest BCUT2D eigenvalue weighted by atomic mass is 10.1. The van der Waals surface area contributed by atoms with Gasteiger partial charge in [-0.2, -0.15) is 0 Å². The molecule has 162 valence electrons. The Labute approximate surface area is 187 Å². The van der Waals surface area contributed by atoms with E-state index < -0.39 is 0 Å². The molecular formula is C23H30BrN3O3. The molecule has 1 amide bonds. The van der Waals surface area contributed by atoms with Crippen molar-refractivity contribution in [2.24, 2.45) is 0 Å². The second kappa shape index (κ2) is 10.7. The fourth-order valence-electron chi connectivity index (χ4n) is 3.52. The minimum atomic E-state index is -0.0658. The standard InChI is InChI=1S/C23H30BrN3O3/c1-4-29-21-14-17(18(24)16-22(21)30-5-2)15-23(28)25-19-8-6-7-9-20(19)27-12-10-26(3)11-13-27/h6-9,14,16H,4-5,10-13,15H2,1-3H3,(H,25,28). The van der Waals surface area contributed by atoms with Gasteiger partial charge in [0.1, 0.15) is 0 Å². The van der Waals surface area contributed by atoms with Crippen LogP contribution in [-0.4, -0.2) is 57.2 Å². The Balaban J connectivity index is 1.74. The van der Waals surface area contributed by atoms with Crippen molar-refractivity contribution in [3.63, 3.8) is 0 Å². The van der Waals surface area contributed by atoms with Gasteiger partial charge in [0.2, 0.25) is 5.91 Å². The molecule has 0 aromatic heterocycles. The molecule has 0 aliphatic carbocycles. The summed E-state index contributed by atoms with van der Waals surface area (Å²) >= 11 is 3.57. The van der Waals surface area contributed by atoms with Gasteiger partial charge in [-0.05, 0) is 50.7 Å². The number of carbonyl (C=O) groups excluding carboxylic acids is 1. The molecule has 2 aromatic rings. The van der Waals surface area contributed by atoms with Crippen LogP contribution in [0.15, 0.2) is 40.9 Å². The number of piperazine rings is 1. The molecule has 2 aromatic carbocycles. The van der Waals surface area contributed by atoms with Crippen molar-refractivity contribution < 1.29 is 14.3 Å². The molecule has 1 aliphatic rings. The number of rotatable bonds is 8. The number of amides is 1. The van der Waals surface area contributed by atoms with Gasteiger partial charge in [-0.3, -0.25) is 4.79 Å². The van der Waals surface area contributed by atoms with Crippen LogP contribution >= 0.6 is 15.9 Å². The first-order chi connectivity index (χ1) is 14.5. The van der Waals surface area contributed by atoms with Gasteiger partial charge in [-0.1, -0.05) is 28.1 Å². The van der Waals surface area contributed by atoms with Gasteiger partial charge in [-0.15, -0.1) is 0 Å². The van der Waals surface area contributed by atoms with E-state index in [2.05, 4.69) is 44.2 Å². The summed E-state index contributed by atoms with van der Waals surface area (Å²) < 4.78 is 12.2. The van der Waals surface area contributed by atoms with Crippen molar-refractivity contribution in [2.45, 2.75) is 20.3 Å². The minimum Gasteiger partial charge on any atom is -0.490 e. The Bertz CT molecular complexity index is 867. The molecule has 1 heterocycles. The number of para-hydroxylation sites is 2. The van der Waals surface area contributed by atoms with Crippen LogP contribution in [0.5, 0.6) is 11.5 Å². The zero-order valence-corrected chi connectivity index (χ0v) is 19.5. The largest absolute Gasteiger partial charge is 0.490 e. The Hall–Kier alpha value is -2.25. The summed E-state index contributed by atoms with van der Waals surface area (Å²) in [6.45, 7) is 8.88.